The minimum Gasteiger partial charge on any atom is -0.329 e. The molecule has 0 saturated heterocycles. The van der Waals surface area contributed by atoms with Gasteiger partial charge >= 0.3 is 0 Å². The lowest BCUT2D eigenvalue weighted by atomic mass is 10.3. The van der Waals surface area contributed by atoms with Gasteiger partial charge in [-0.25, -0.2) is 0 Å². The number of rotatable bonds is 3. The predicted molar refractivity (Wildman–Crippen MR) is 41.5 cm³/mol. The van der Waals surface area contributed by atoms with E-state index in [9.17, 15) is 0 Å². The van der Waals surface area contributed by atoms with Crippen LogP contribution >= 0.6 is 0 Å². The monoisotopic (exact) mass is 143 g/mol. The van der Waals surface area contributed by atoms with E-state index in [4.69, 9.17) is 5.53 Å². The molecule has 1 unspecified atom stereocenters. The zero-order chi connectivity index (χ0) is 8.20. The van der Waals surface area contributed by atoms with Crippen LogP contribution in [0.2, 0.25) is 0 Å². The molecule has 0 aliphatic rings. The third kappa shape index (κ3) is 3.33. The molecule has 0 aromatic carbocycles. The average molecular weight is 143 g/mol. The Kier molecular flexibility index (Phi) is 3.19. The van der Waals surface area contributed by atoms with Crippen molar-refractivity contribution in [1.29, 1.82) is 0 Å². The Labute approximate surface area is 61.7 Å². The molecule has 0 fully saturated rings. The molecular formula is C6H15N4+. The van der Waals surface area contributed by atoms with E-state index in [1.807, 2.05) is 0 Å². The van der Waals surface area contributed by atoms with Crippen LogP contribution in [0.3, 0.4) is 0 Å². The summed E-state index contributed by atoms with van der Waals surface area (Å²) in [4.78, 5) is 2.70. The van der Waals surface area contributed by atoms with E-state index in [2.05, 4.69) is 38.1 Å². The molecule has 0 aliphatic carbocycles. The van der Waals surface area contributed by atoms with E-state index < -0.39 is 0 Å². The Bertz CT molecular complexity index is 140. The maximum Gasteiger partial charge on any atom is 0.0912 e. The van der Waals surface area contributed by atoms with Crippen molar-refractivity contribution >= 4 is 0 Å². The van der Waals surface area contributed by atoms with Crippen LogP contribution in [0, 0.1) is 0 Å². The topological polar surface area (TPSA) is 48.8 Å². The highest BCUT2D eigenvalue weighted by Gasteiger charge is 2.16. The smallest absolute Gasteiger partial charge is 0.0912 e. The average Bonchev–Trinajstić information content (AvgIpc) is 1.80. The summed E-state index contributed by atoms with van der Waals surface area (Å²) in [5.74, 6) is 0. The van der Waals surface area contributed by atoms with Gasteiger partial charge in [0.1, 0.15) is 0 Å². The van der Waals surface area contributed by atoms with E-state index >= 15 is 0 Å². The summed E-state index contributed by atoms with van der Waals surface area (Å²) in [6.07, 6.45) is 0. The molecular weight excluding hydrogens is 128 g/mol. The second kappa shape index (κ2) is 3.44. The molecule has 0 amide bonds. The van der Waals surface area contributed by atoms with Gasteiger partial charge in [-0.2, -0.15) is 0 Å². The summed E-state index contributed by atoms with van der Waals surface area (Å²) in [6, 6.07) is 0.385. The van der Waals surface area contributed by atoms with Crippen molar-refractivity contribution < 1.29 is 4.48 Å². The van der Waals surface area contributed by atoms with Gasteiger partial charge in [0.25, 0.3) is 0 Å². The molecule has 10 heavy (non-hydrogen) atoms. The lowest BCUT2D eigenvalue weighted by Gasteiger charge is -2.30. The van der Waals surface area contributed by atoms with Crippen LogP contribution in [-0.4, -0.2) is 38.2 Å². The van der Waals surface area contributed by atoms with Crippen LogP contribution in [0.5, 0.6) is 0 Å². The fraction of sp³-hybridized carbons (Fsp3) is 1.00. The van der Waals surface area contributed by atoms with Crippen molar-refractivity contribution in [1.82, 2.24) is 0 Å². The number of quaternary nitrogens is 1. The van der Waals surface area contributed by atoms with Crippen molar-refractivity contribution in [2.24, 2.45) is 5.11 Å². The molecule has 1 atom stereocenters. The lowest BCUT2D eigenvalue weighted by Crippen LogP contribution is -2.44. The van der Waals surface area contributed by atoms with Crippen molar-refractivity contribution in [3.63, 3.8) is 0 Å². The fourth-order valence-electron chi connectivity index (χ4n) is 0.400. The Morgan fingerprint density at radius 2 is 2.00 bits per heavy atom. The van der Waals surface area contributed by atoms with Gasteiger partial charge in [0.05, 0.1) is 33.7 Å². The lowest BCUT2D eigenvalue weighted by molar-refractivity contribution is -0.892. The molecule has 0 aliphatic heterocycles. The summed E-state index contributed by atoms with van der Waals surface area (Å²) in [7, 11) is 6.24. The zero-order valence-electron chi connectivity index (χ0n) is 7.07. The first-order valence-electron chi connectivity index (χ1n) is 3.30. The molecule has 0 N–H and O–H groups in total. The van der Waals surface area contributed by atoms with Gasteiger partial charge < -0.3 is 4.48 Å². The van der Waals surface area contributed by atoms with Crippen molar-refractivity contribution in [3.05, 3.63) is 10.4 Å². The van der Waals surface area contributed by atoms with E-state index in [-0.39, 0.29) is 0 Å². The van der Waals surface area contributed by atoms with E-state index in [1.165, 1.54) is 0 Å². The Balaban J connectivity index is 3.84. The highest BCUT2D eigenvalue weighted by molar-refractivity contribution is 4.54. The number of likely N-dealkylation sites (N-methyl/N-ethyl adjacent to an activating group) is 1. The highest BCUT2D eigenvalue weighted by atomic mass is 15.3. The summed E-state index contributed by atoms with van der Waals surface area (Å²) < 4.78 is 0.832. The highest BCUT2D eigenvalue weighted by Crippen LogP contribution is 2.01. The second-order valence-electron chi connectivity index (χ2n) is 3.38. The number of hydrogen-bond acceptors (Lipinski definition) is 1. The fourth-order valence-corrected chi connectivity index (χ4v) is 0.400. The summed E-state index contributed by atoms with van der Waals surface area (Å²) in [5, 5.41) is 3.50. The third-order valence-corrected chi connectivity index (χ3v) is 1.73. The van der Waals surface area contributed by atoms with E-state index in [0.717, 1.165) is 4.48 Å². The van der Waals surface area contributed by atoms with Crippen molar-refractivity contribution in [3.8, 4) is 0 Å². The number of nitrogens with zero attached hydrogens (tertiary/aromatic N) is 4. The Morgan fingerprint density at radius 3 is 2.30 bits per heavy atom. The van der Waals surface area contributed by atoms with Crippen LogP contribution in [0.1, 0.15) is 6.92 Å². The van der Waals surface area contributed by atoms with Crippen LogP contribution < -0.4 is 0 Å². The Morgan fingerprint density at radius 1 is 1.50 bits per heavy atom. The third-order valence-electron chi connectivity index (χ3n) is 1.73. The standard InChI is InChI=1S/C6H15N4/c1-6(5-8-9-7)10(2,3)4/h6H,5H2,1-4H3/q+1. The minimum atomic E-state index is 0.385. The normalized spacial score (nSPS) is 14.0. The van der Waals surface area contributed by atoms with Gasteiger partial charge in [0, 0.05) is 4.91 Å². The minimum absolute atomic E-state index is 0.385. The van der Waals surface area contributed by atoms with Gasteiger partial charge in [0.2, 0.25) is 0 Å². The molecule has 0 aromatic rings. The summed E-state index contributed by atoms with van der Waals surface area (Å²) in [6.45, 7) is 2.63. The van der Waals surface area contributed by atoms with Crippen LogP contribution in [0.25, 0.3) is 10.4 Å². The quantitative estimate of drug-likeness (QED) is 0.248. The van der Waals surface area contributed by atoms with Crippen LogP contribution in [-0.2, 0) is 0 Å². The van der Waals surface area contributed by atoms with Gasteiger partial charge in [-0.3, -0.25) is 0 Å². The van der Waals surface area contributed by atoms with Gasteiger partial charge in [-0.1, -0.05) is 5.11 Å². The van der Waals surface area contributed by atoms with E-state index in [0.29, 0.717) is 12.6 Å². The molecule has 0 heterocycles. The molecule has 0 saturated carbocycles. The number of azide groups is 1. The first kappa shape index (κ1) is 9.27. The second-order valence-corrected chi connectivity index (χ2v) is 3.38. The maximum absolute atomic E-state index is 8.03. The van der Waals surface area contributed by atoms with Crippen molar-refractivity contribution in [2.45, 2.75) is 13.0 Å². The van der Waals surface area contributed by atoms with Gasteiger partial charge in [0.15, 0.2) is 0 Å². The van der Waals surface area contributed by atoms with Gasteiger partial charge in [-0.15, -0.1) is 0 Å². The summed E-state index contributed by atoms with van der Waals surface area (Å²) >= 11 is 0. The first-order chi connectivity index (χ1) is 4.48. The molecule has 0 aromatic heterocycles. The molecule has 0 spiro atoms. The first-order valence-corrected chi connectivity index (χ1v) is 3.30. The molecule has 0 radical (unpaired) electrons. The molecule has 0 rings (SSSR count). The largest absolute Gasteiger partial charge is 0.329 e. The number of hydrogen-bond donors (Lipinski definition) is 0. The van der Waals surface area contributed by atoms with E-state index in [1.54, 1.807) is 0 Å². The van der Waals surface area contributed by atoms with Gasteiger partial charge in [-0.05, 0) is 12.5 Å². The van der Waals surface area contributed by atoms with Crippen LogP contribution in [0.15, 0.2) is 5.11 Å². The SMILES string of the molecule is CC(CN=[N+]=[N-])[N+](C)(C)C. The van der Waals surface area contributed by atoms with Crippen LogP contribution in [0.4, 0.5) is 0 Å². The molecule has 4 heteroatoms. The molecule has 4 nitrogen and oxygen atoms in total. The summed E-state index contributed by atoms with van der Waals surface area (Å²) in [5.41, 5.74) is 8.03. The zero-order valence-corrected chi connectivity index (χ0v) is 7.07. The maximum atomic E-state index is 8.03. The predicted octanol–water partition coefficient (Wildman–Crippen LogP) is 1.39. The molecule has 58 valence electrons. The van der Waals surface area contributed by atoms with Crippen molar-refractivity contribution in [2.75, 3.05) is 27.7 Å². The Hall–Kier alpha value is -0.730. The molecule has 0 bridgehead atoms.